The number of carbonyl (C=O) groups is 1. The van der Waals surface area contributed by atoms with Crippen molar-refractivity contribution in [3.63, 3.8) is 0 Å². The van der Waals surface area contributed by atoms with Gasteiger partial charge in [-0.15, -0.1) is 0 Å². The predicted octanol–water partition coefficient (Wildman–Crippen LogP) is 0.0964. The number of rotatable bonds is 3. The Bertz CT molecular complexity index is 396. The van der Waals surface area contributed by atoms with Gasteiger partial charge in [0, 0.05) is 0 Å². The summed E-state index contributed by atoms with van der Waals surface area (Å²) in [5.41, 5.74) is 0.384. The highest BCUT2D eigenvalue weighted by Gasteiger charge is 2.28. The third-order valence-corrected chi connectivity index (χ3v) is 2.11. The Hall–Kier alpha value is -1.53. The summed E-state index contributed by atoms with van der Waals surface area (Å²) < 4.78 is 17.0. The zero-order valence-electron chi connectivity index (χ0n) is 8.85. The molecule has 5 nitrogen and oxygen atoms in total. The van der Waals surface area contributed by atoms with E-state index in [1.165, 1.54) is 6.92 Å². The van der Waals surface area contributed by atoms with Gasteiger partial charge in [0.1, 0.15) is 11.9 Å². The average molecular weight is 229 g/mol. The smallest absolute Gasteiger partial charge is 0.337 e. The third kappa shape index (κ3) is 2.53. The fourth-order valence-electron chi connectivity index (χ4n) is 1.26. The number of pyridine rings is 1. The quantitative estimate of drug-likeness (QED) is 0.718. The van der Waals surface area contributed by atoms with Crippen molar-refractivity contribution < 1.29 is 24.1 Å². The van der Waals surface area contributed by atoms with Gasteiger partial charge in [-0.3, -0.25) is 4.98 Å². The van der Waals surface area contributed by atoms with E-state index in [0.717, 1.165) is 19.4 Å². The molecule has 0 radical (unpaired) electrons. The number of aromatic nitrogens is 1. The highest BCUT2D eigenvalue weighted by atomic mass is 19.1. The van der Waals surface area contributed by atoms with E-state index in [1.54, 1.807) is 0 Å². The molecule has 1 aromatic heterocycles. The largest absolute Gasteiger partial charge is 0.467 e. The van der Waals surface area contributed by atoms with E-state index in [1.807, 2.05) is 0 Å². The summed E-state index contributed by atoms with van der Waals surface area (Å²) in [6.07, 6.45) is -2.37. The minimum absolute atomic E-state index is 0.0410. The first kappa shape index (κ1) is 12.5. The number of esters is 1. The van der Waals surface area contributed by atoms with Crippen LogP contribution in [0, 0.1) is 12.7 Å². The number of aryl methyl sites for hydroxylation is 1. The van der Waals surface area contributed by atoms with Crippen LogP contribution in [0.25, 0.3) is 0 Å². The van der Waals surface area contributed by atoms with Crippen molar-refractivity contribution in [2.24, 2.45) is 0 Å². The van der Waals surface area contributed by atoms with Crippen molar-refractivity contribution in [3.8, 4) is 0 Å². The molecule has 88 valence electrons. The van der Waals surface area contributed by atoms with Gasteiger partial charge in [-0.2, -0.15) is 0 Å². The zero-order valence-corrected chi connectivity index (χ0v) is 8.85. The Labute approximate surface area is 91.5 Å². The molecule has 2 atom stereocenters. The lowest BCUT2D eigenvalue weighted by Crippen LogP contribution is -2.30. The van der Waals surface area contributed by atoms with Crippen molar-refractivity contribution in [3.05, 3.63) is 29.3 Å². The highest BCUT2D eigenvalue weighted by Crippen LogP contribution is 2.19. The van der Waals surface area contributed by atoms with Gasteiger partial charge in [0.15, 0.2) is 6.10 Å². The van der Waals surface area contributed by atoms with Crippen molar-refractivity contribution in [2.45, 2.75) is 19.1 Å². The molecule has 0 saturated heterocycles. The summed E-state index contributed by atoms with van der Waals surface area (Å²) in [6.45, 7) is 1.51. The number of ether oxygens (including phenoxy) is 1. The number of hydrogen-bond donors (Lipinski definition) is 2. The first-order valence-electron chi connectivity index (χ1n) is 4.53. The van der Waals surface area contributed by atoms with Gasteiger partial charge in [-0.1, -0.05) is 0 Å². The zero-order chi connectivity index (χ0) is 12.3. The lowest BCUT2D eigenvalue weighted by atomic mass is 10.1. The van der Waals surface area contributed by atoms with Crippen molar-refractivity contribution in [2.75, 3.05) is 7.11 Å². The van der Waals surface area contributed by atoms with Gasteiger partial charge in [-0.05, 0) is 18.6 Å². The Kier molecular flexibility index (Phi) is 3.92. The molecule has 0 saturated carbocycles. The SMILES string of the molecule is COC(=O)C(O)C(O)c1ncc(F)cc1C. The first-order chi connectivity index (χ1) is 7.47. The van der Waals surface area contributed by atoms with Gasteiger partial charge < -0.3 is 14.9 Å². The van der Waals surface area contributed by atoms with Crippen molar-refractivity contribution in [1.82, 2.24) is 4.98 Å². The Morgan fingerprint density at radius 1 is 1.56 bits per heavy atom. The van der Waals surface area contributed by atoms with E-state index >= 15 is 0 Å². The van der Waals surface area contributed by atoms with Crippen LogP contribution in [-0.4, -0.2) is 34.4 Å². The van der Waals surface area contributed by atoms with Crippen LogP contribution in [0.2, 0.25) is 0 Å². The van der Waals surface area contributed by atoms with Crippen LogP contribution >= 0.6 is 0 Å². The second-order valence-corrected chi connectivity index (χ2v) is 3.27. The maximum absolute atomic E-state index is 12.7. The molecule has 0 amide bonds. The van der Waals surface area contributed by atoms with Crippen molar-refractivity contribution >= 4 is 5.97 Å². The number of nitrogens with zero attached hydrogens (tertiary/aromatic N) is 1. The summed E-state index contributed by atoms with van der Waals surface area (Å²) in [7, 11) is 1.09. The monoisotopic (exact) mass is 229 g/mol. The van der Waals surface area contributed by atoms with Crippen LogP contribution < -0.4 is 0 Å². The minimum atomic E-state index is -1.73. The molecule has 0 aliphatic heterocycles. The Morgan fingerprint density at radius 2 is 2.19 bits per heavy atom. The maximum Gasteiger partial charge on any atom is 0.337 e. The molecule has 2 N–H and O–H groups in total. The summed E-state index contributed by atoms with van der Waals surface area (Å²) in [4.78, 5) is 14.6. The topological polar surface area (TPSA) is 79.7 Å². The molecule has 1 rings (SSSR count). The van der Waals surface area contributed by atoms with Crippen LogP contribution in [0.15, 0.2) is 12.3 Å². The standard InChI is InChI=1S/C10H12FNO4/c1-5-3-6(11)4-12-7(5)8(13)9(14)10(15)16-2/h3-4,8-9,13-14H,1-2H3. The van der Waals surface area contributed by atoms with E-state index < -0.39 is 24.0 Å². The van der Waals surface area contributed by atoms with Crippen LogP contribution in [0.1, 0.15) is 17.4 Å². The normalized spacial score (nSPS) is 14.3. The number of hydrogen-bond acceptors (Lipinski definition) is 5. The van der Waals surface area contributed by atoms with Gasteiger partial charge in [0.05, 0.1) is 19.0 Å². The van der Waals surface area contributed by atoms with Gasteiger partial charge in [-0.25, -0.2) is 9.18 Å². The van der Waals surface area contributed by atoms with Gasteiger partial charge in [0.2, 0.25) is 0 Å². The number of halogens is 1. The van der Waals surface area contributed by atoms with Crippen molar-refractivity contribution in [1.29, 1.82) is 0 Å². The predicted molar refractivity (Wildman–Crippen MR) is 51.9 cm³/mol. The second-order valence-electron chi connectivity index (χ2n) is 3.27. The fraction of sp³-hybridized carbons (Fsp3) is 0.400. The van der Waals surface area contributed by atoms with Gasteiger partial charge in [0.25, 0.3) is 0 Å². The molecule has 0 fully saturated rings. The molecular weight excluding hydrogens is 217 g/mol. The fourth-order valence-corrected chi connectivity index (χ4v) is 1.26. The molecule has 0 aromatic carbocycles. The number of aliphatic hydroxyl groups is 2. The molecule has 6 heteroatoms. The highest BCUT2D eigenvalue weighted by molar-refractivity contribution is 5.75. The maximum atomic E-state index is 12.7. The third-order valence-electron chi connectivity index (χ3n) is 2.11. The first-order valence-corrected chi connectivity index (χ1v) is 4.53. The van der Waals surface area contributed by atoms with E-state index in [-0.39, 0.29) is 5.69 Å². The lowest BCUT2D eigenvalue weighted by molar-refractivity contribution is -0.157. The number of aliphatic hydroxyl groups excluding tert-OH is 2. The molecule has 0 aliphatic rings. The average Bonchev–Trinajstić information content (AvgIpc) is 2.26. The van der Waals surface area contributed by atoms with Crippen LogP contribution in [0.5, 0.6) is 0 Å². The number of methoxy groups -OCH3 is 1. The molecule has 2 unspecified atom stereocenters. The molecule has 16 heavy (non-hydrogen) atoms. The van der Waals surface area contributed by atoms with Crippen LogP contribution in [-0.2, 0) is 9.53 Å². The molecule has 0 bridgehead atoms. The van der Waals surface area contributed by atoms with Gasteiger partial charge >= 0.3 is 5.97 Å². The molecular formula is C10H12FNO4. The molecule has 0 aliphatic carbocycles. The molecule has 1 heterocycles. The van der Waals surface area contributed by atoms with E-state index in [4.69, 9.17) is 0 Å². The summed E-state index contributed by atoms with van der Waals surface area (Å²) >= 11 is 0. The molecule has 1 aromatic rings. The lowest BCUT2D eigenvalue weighted by Gasteiger charge is -2.16. The summed E-state index contributed by atoms with van der Waals surface area (Å²) in [5, 5.41) is 19.0. The summed E-state index contributed by atoms with van der Waals surface area (Å²) in [6, 6.07) is 1.15. The van der Waals surface area contributed by atoms with E-state index in [0.29, 0.717) is 5.56 Å². The van der Waals surface area contributed by atoms with E-state index in [2.05, 4.69) is 9.72 Å². The second kappa shape index (κ2) is 5.00. The molecule has 0 spiro atoms. The minimum Gasteiger partial charge on any atom is -0.467 e. The number of carbonyl (C=O) groups excluding carboxylic acids is 1. The van der Waals surface area contributed by atoms with Crippen LogP contribution in [0.3, 0.4) is 0 Å². The van der Waals surface area contributed by atoms with E-state index in [9.17, 15) is 19.4 Å². The Balaban J connectivity index is 2.96. The summed E-state index contributed by atoms with van der Waals surface area (Å²) in [5.74, 6) is -1.53. The van der Waals surface area contributed by atoms with Crippen LogP contribution in [0.4, 0.5) is 4.39 Å². The Morgan fingerprint density at radius 3 is 2.69 bits per heavy atom.